The summed E-state index contributed by atoms with van der Waals surface area (Å²) in [6.45, 7) is 0. The molecule has 20 heavy (non-hydrogen) atoms. The van der Waals surface area contributed by atoms with Gasteiger partial charge in [0.25, 0.3) is 0 Å². The lowest BCUT2D eigenvalue weighted by molar-refractivity contribution is -0.139. The minimum atomic E-state index is -1.15. The van der Waals surface area contributed by atoms with E-state index in [4.69, 9.17) is 5.11 Å². The molecule has 0 aliphatic carbocycles. The van der Waals surface area contributed by atoms with E-state index in [0.29, 0.717) is 5.69 Å². The largest absolute Gasteiger partial charge is 0.480 e. The highest BCUT2D eigenvalue weighted by Gasteiger charge is 2.21. The van der Waals surface area contributed by atoms with Crippen molar-refractivity contribution in [1.29, 1.82) is 0 Å². The Balaban J connectivity index is 1.96. The first-order valence-electron chi connectivity index (χ1n) is 5.68. The van der Waals surface area contributed by atoms with Gasteiger partial charge in [-0.15, -0.1) is 0 Å². The second-order valence-electron chi connectivity index (χ2n) is 3.98. The van der Waals surface area contributed by atoms with Crippen LogP contribution in [0.1, 0.15) is 5.69 Å². The number of rotatable bonds is 5. The number of H-pyrrole nitrogens is 1. The predicted octanol–water partition coefficient (Wildman–Crippen LogP) is -0.644. The molecule has 106 valence electrons. The SMILES string of the molecule is Cn1ncnc1NC(=O)N[C@@H](Cc1cnc[nH]1)C(=O)O. The van der Waals surface area contributed by atoms with Gasteiger partial charge in [-0.25, -0.2) is 19.3 Å². The van der Waals surface area contributed by atoms with Crippen LogP contribution in [0.5, 0.6) is 0 Å². The fraction of sp³-hybridized carbons (Fsp3) is 0.300. The second kappa shape index (κ2) is 5.82. The summed E-state index contributed by atoms with van der Waals surface area (Å²) in [6.07, 6.45) is 4.31. The zero-order chi connectivity index (χ0) is 14.5. The Morgan fingerprint density at radius 2 is 2.35 bits per heavy atom. The number of aliphatic carboxylic acids is 1. The van der Waals surface area contributed by atoms with E-state index in [0.717, 1.165) is 0 Å². The van der Waals surface area contributed by atoms with Crippen molar-refractivity contribution in [1.82, 2.24) is 30.0 Å². The Kier molecular flexibility index (Phi) is 3.93. The molecule has 10 heteroatoms. The van der Waals surface area contributed by atoms with Gasteiger partial charge in [0.1, 0.15) is 12.4 Å². The summed E-state index contributed by atoms with van der Waals surface area (Å²) in [5.41, 5.74) is 0.608. The number of nitrogens with zero attached hydrogens (tertiary/aromatic N) is 4. The number of aryl methyl sites for hydroxylation is 1. The minimum absolute atomic E-state index is 0.0988. The fourth-order valence-electron chi connectivity index (χ4n) is 1.52. The molecule has 2 heterocycles. The molecule has 0 spiro atoms. The van der Waals surface area contributed by atoms with Crippen molar-refractivity contribution in [3.05, 3.63) is 24.5 Å². The molecule has 0 unspecified atom stereocenters. The Morgan fingerprint density at radius 1 is 1.55 bits per heavy atom. The van der Waals surface area contributed by atoms with E-state index in [1.165, 1.54) is 23.5 Å². The molecule has 10 nitrogen and oxygen atoms in total. The molecule has 2 rings (SSSR count). The number of carbonyl (C=O) groups is 2. The molecular weight excluding hydrogens is 266 g/mol. The Bertz CT molecular complexity index is 592. The van der Waals surface area contributed by atoms with E-state index in [9.17, 15) is 9.59 Å². The summed E-state index contributed by atoms with van der Waals surface area (Å²) < 4.78 is 1.35. The van der Waals surface area contributed by atoms with Crippen LogP contribution in [0.4, 0.5) is 10.7 Å². The van der Waals surface area contributed by atoms with Crippen LogP contribution in [-0.2, 0) is 18.3 Å². The molecule has 0 fully saturated rings. The summed E-state index contributed by atoms with van der Waals surface area (Å²) in [7, 11) is 1.60. The fourth-order valence-corrected chi connectivity index (χ4v) is 1.52. The number of amides is 2. The zero-order valence-electron chi connectivity index (χ0n) is 10.6. The van der Waals surface area contributed by atoms with E-state index in [1.807, 2.05) is 0 Å². The molecule has 2 aromatic rings. The Morgan fingerprint density at radius 3 is 2.90 bits per heavy atom. The number of anilines is 1. The first-order valence-corrected chi connectivity index (χ1v) is 5.68. The van der Waals surface area contributed by atoms with Crippen LogP contribution in [0.2, 0.25) is 0 Å². The molecule has 0 aromatic carbocycles. The molecule has 0 radical (unpaired) electrons. The highest BCUT2D eigenvalue weighted by atomic mass is 16.4. The molecule has 0 aliphatic rings. The third-order valence-electron chi connectivity index (χ3n) is 2.52. The van der Waals surface area contributed by atoms with Gasteiger partial charge >= 0.3 is 12.0 Å². The van der Waals surface area contributed by atoms with Gasteiger partial charge in [0.2, 0.25) is 5.95 Å². The number of nitrogens with one attached hydrogen (secondary N) is 3. The minimum Gasteiger partial charge on any atom is -0.480 e. The maximum Gasteiger partial charge on any atom is 0.326 e. The van der Waals surface area contributed by atoms with Crippen LogP contribution in [0.25, 0.3) is 0 Å². The summed E-state index contributed by atoms with van der Waals surface area (Å²) in [4.78, 5) is 33.2. The second-order valence-corrected chi connectivity index (χ2v) is 3.98. The lowest BCUT2D eigenvalue weighted by Crippen LogP contribution is -2.44. The molecule has 2 aromatic heterocycles. The van der Waals surface area contributed by atoms with Crippen molar-refractivity contribution >= 4 is 17.9 Å². The standard InChI is InChI=1S/C10H13N7O3/c1-17-9(13-5-14-17)16-10(20)15-7(8(18)19)2-6-3-11-4-12-6/h3-5,7H,2H2,1H3,(H,11,12)(H,18,19)(H2,13,14,15,16,20)/t7-/m0/s1. The number of carboxylic acids is 1. The van der Waals surface area contributed by atoms with E-state index < -0.39 is 18.0 Å². The maximum atomic E-state index is 11.7. The third kappa shape index (κ3) is 3.31. The van der Waals surface area contributed by atoms with Crippen molar-refractivity contribution in [2.75, 3.05) is 5.32 Å². The number of hydrogen-bond donors (Lipinski definition) is 4. The van der Waals surface area contributed by atoms with Gasteiger partial charge in [-0.05, 0) is 0 Å². The Hall–Kier alpha value is -2.91. The average molecular weight is 279 g/mol. The van der Waals surface area contributed by atoms with Crippen LogP contribution in [0.3, 0.4) is 0 Å². The molecule has 0 saturated carbocycles. The van der Waals surface area contributed by atoms with Crippen molar-refractivity contribution in [3.63, 3.8) is 0 Å². The molecule has 0 saturated heterocycles. The van der Waals surface area contributed by atoms with Gasteiger partial charge < -0.3 is 15.4 Å². The van der Waals surface area contributed by atoms with E-state index in [1.54, 1.807) is 7.05 Å². The highest BCUT2D eigenvalue weighted by molar-refractivity contribution is 5.90. The quantitative estimate of drug-likeness (QED) is 0.574. The average Bonchev–Trinajstić information content (AvgIpc) is 3.01. The zero-order valence-corrected chi connectivity index (χ0v) is 10.6. The van der Waals surface area contributed by atoms with Gasteiger partial charge in [-0.3, -0.25) is 5.32 Å². The molecule has 0 aliphatic heterocycles. The van der Waals surface area contributed by atoms with Gasteiger partial charge in [0.05, 0.1) is 6.33 Å². The first-order chi connectivity index (χ1) is 9.56. The molecule has 4 N–H and O–H groups in total. The smallest absolute Gasteiger partial charge is 0.326 e. The van der Waals surface area contributed by atoms with E-state index in [-0.39, 0.29) is 12.4 Å². The van der Waals surface area contributed by atoms with Crippen LogP contribution in [-0.4, -0.2) is 47.9 Å². The molecule has 2 amide bonds. The summed E-state index contributed by atoms with van der Waals surface area (Å²) in [6, 6.07) is -1.75. The highest BCUT2D eigenvalue weighted by Crippen LogP contribution is 2.01. The van der Waals surface area contributed by atoms with Crippen molar-refractivity contribution in [3.8, 4) is 0 Å². The van der Waals surface area contributed by atoms with Crippen molar-refractivity contribution in [2.45, 2.75) is 12.5 Å². The number of hydrogen-bond acceptors (Lipinski definition) is 5. The normalized spacial score (nSPS) is 11.8. The number of carbonyl (C=O) groups excluding carboxylic acids is 1. The summed E-state index contributed by atoms with van der Waals surface area (Å²) in [5, 5.41) is 17.6. The molecular formula is C10H13N7O3. The van der Waals surface area contributed by atoms with Gasteiger partial charge in [0, 0.05) is 25.4 Å². The van der Waals surface area contributed by atoms with Gasteiger partial charge in [-0.2, -0.15) is 10.1 Å². The van der Waals surface area contributed by atoms with Crippen LogP contribution < -0.4 is 10.6 Å². The predicted molar refractivity (Wildman–Crippen MR) is 66.9 cm³/mol. The maximum absolute atomic E-state index is 11.7. The third-order valence-corrected chi connectivity index (χ3v) is 2.52. The summed E-state index contributed by atoms with van der Waals surface area (Å²) >= 11 is 0. The van der Waals surface area contributed by atoms with Gasteiger partial charge in [0.15, 0.2) is 0 Å². The lowest BCUT2D eigenvalue weighted by Gasteiger charge is -2.13. The van der Waals surface area contributed by atoms with Crippen molar-refractivity contribution in [2.24, 2.45) is 7.05 Å². The van der Waals surface area contributed by atoms with Crippen LogP contribution in [0, 0.1) is 0 Å². The van der Waals surface area contributed by atoms with Crippen molar-refractivity contribution < 1.29 is 14.7 Å². The van der Waals surface area contributed by atoms with Crippen LogP contribution >= 0.6 is 0 Å². The first kappa shape index (κ1) is 13.5. The number of imidazole rings is 1. The Labute approximate surface area is 113 Å². The van der Waals surface area contributed by atoms with Crippen LogP contribution in [0.15, 0.2) is 18.9 Å². The molecule has 1 atom stereocenters. The van der Waals surface area contributed by atoms with E-state index >= 15 is 0 Å². The van der Waals surface area contributed by atoms with Gasteiger partial charge in [-0.1, -0.05) is 0 Å². The summed E-state index contributed by atoms with van der Waals surface area (Å²) in [5.74, 6) is -0.930. The number of aromatic nitrogens is 5. The lowest BCUT2D eigenvalue weighted by atomic mass is 10.2. The number of aromatic amines is 1. The molecule has 0 bridgehead atoms. The van der Waals surface area contributed by atoms with E-state index in [2.05, 4.69) is 30.7 Å². The topological polar surface area (TPSA) is 138 Å². The number of urea groups is 1. The number of carboxylic acid groups (broad SMARTS) is 1. The monoisotopic (exact) mass is 279 g/mol.